The quantitative estimate of drug-likeness (QED) is 0.254. The second-order valence-electron chi connectivity index (χ2n) is 5.37. The SMILES string of the molecule is C=C(CCCCCCCCCCCC)C(=O)OC(F)(F)F. The number of ether oxygens (including phenoxy) is 1. The van der Waals surface area contributed by atoms with Crippen LogP contribution in [0.15, 0.2) is 12.2 Å². The predicted octanol–water partition coefficient (Wildman–Crippen LogP) is 5.92. The summed E-state index contributed by atoms with van der Waals surface area (Å²) >= 11 is 0. The molecule has 0 heterocycles. The number of unbranched alkanes of at least 4 members (excludes halogenated alkanes) is 9. The van der Waals surface area contributed by atoms with Crippen LogP contribution in [0.1, 0.15) is 77.6 Å². The van der Waals surface area contributed by atoms with E-state index in [1.165, 1.54) is 38.5 Å². The normalized spacial score (nSPS) is 11.4. The van der Waals surface area contributed by atoms with Crippen molar-refractivity contribution >= 4 is 5.97 Å². The van der Waals surface area contributed by atoms with E-state index in [4.69, 9.17) is 0 Å². The first-order valence-corrected chi connectivity index (χ1v) is 7.84. The lowest BCUT2D eigenvalue weighted by Gasteiger charge is -2.08. The lowest BCUT2D eigenvalue weighted by atomic mass is 10.0. The highest BCUT2D eigenvalue weighted by Crippen LogP contribution is 2.20. The van der Waals surface area contributed by atoms with Crippen molar-refractivity contribution in [3.8, 4) is 0 Å². The number of carbonyl (C=O) groups excluding carboxylic acids is 1. The maximum atomic E-state index is 11.8. The fourth-order valence-electron chi connectivity index (χ4n) is 2.11. The van der Waals surface area contributed by atoms with E-state index in [9.17, 15) is 18.0 Å². The molecule has 124 valence electrons. The second kappa shape index (κ2) is 11.6. The molecule has 0 aliphatic heterocycles. The Balaban J connectivity index is 3.42. The topological polar surface area (TPSA) is 26.3 Å². The van der Waals surface area contributed by atoms with Crippen molar-refractivity contribution in [1.29, 1.82) is 0 Å². The highest BCUT2D eigenvalue weighted by molar-refractivity contribution is 5.87. The Hall–Kier alpha value is -1.00. The van der Waals surface area contributed by atoms with Gasteiger partial charge in [-0.3, -0.25) is 0 Å². The molecule has 0 rings (SSSR count). The zero-order valence-electron chi connectivity index (χ0n) is 12.9. The maximum absolute atomic E-state index is 11.8. The first-order valence-electron chi connectivity index (χ1n) is 7.84. The minimum atomic E-state index is -4.92. The summed E-state index contributed by atoms with van der Waals surface area (Å²) in [5, 5.41) is 0. The standard InChI is InChI=1S/C16H27F3O2/c1-3-4-5-6-7-8-9-10-11-12-13-14(2)15(20)21-16(17,18)19/h2-13H2,1H3. The first kappa shape index (κ1) is 20.0. The van der Waals surface area contributed by atoms with Gasteiger partial charge >= 0.3 is 12.3 Å². The zero-order chi connectivity index (χ0) is 16.1. The molecule has 0 aliphatic carbocycles. The van der Waals surface area contributed by atoms with Crippen LogP contribution in [0.2, 0.25) is 0 Å². The molecule has 0 spiro atoms. The van der Waals surface area contributed by atoms with Gasteiger partial charge in [-0.2, -0.15) is 0 Å². The van der Waals surface area contributed by atoms with Gasteiger partial charge in [0, 0.05) is 5.57 Å². The third-order valence-electron chi connectivity index (χ3n) is 3.33. The number of hydrogen-bond donors (Lipinski definition) is 0. The molecule has 0 aromatic carbocycles. The molecular formula is C16H27F3O2. The highest BCUT2D eigenvalue weighted by atomic mass is 19.4. The highest BCUT2D eigenvalue weighted by Gasteiger charge is 2.34. The second-order valence-corrected chi connectivity index (χ2v) is 5.37. The molecule has 2 nitrogen and oxygen atoms in total. The molecule has 0 atom stereocenters. The summed E-state index contributed by atoms with van der Waals surface area (Å²) in [5.74, 6) is -1.36. The monoisotopic (exact) mass is 308 g/mol. The van der Waals surface area contributed by atoms with E-state index < -0.39 is 12.3 Å². The molecule has 0 N–H and O–H groups in total. The van der Waals surface area contributed by atoms with Crippen molar-refractivity contribution in [2.45, 2.75) is 83.9 Å². The minimum Gasteiger partial charge on any atom is -0.369 e. The molecule has 0 aromatic heterocycles. The van der Waals surface area contributed by atoms with E-state index in [1.54, 1.807) is 0 Å². The van der Waals surface area contributed by atoms with Crippen LogP contribution in [0, 0.1) is 0 Å². The molecule has 0 saturated carbocycles. The van der Waals surface area contributed by atoms with E-state index in [0.29, 0.717) is 6.42 Å². The van der Waals surface area contributed by atoms with Crippen molar-refractivity contribution in [2.24, 2.45) is 0 Å². The smallest absolute Gasteiger partial charge is 0.369 e. The molecule has 0 fully saturated rings. The molecule has 5 heteroatoms. The van der Waals surface area contributed by atoms with Crippen molar-refractivity contribution in [1.82, 2.24) is 0 Å². The van der Waals surface area contributed by atoms with Crippen LogP contribution in [-0.2, 0) is 9.53 Å². The van der Waals surface area contributed by atoms with Gasteiger partial charge in [0.2, 0.25) is 0 Å². The summed E-state index contributed by atoms with van der Waals surface area (Å²) in [4.78, 5) is 11.0. The Labute approximate surface area is 125 Å². The van der Waals surface area contributed by atoms with Crippen LogP contribution >= 0.6 is 0 Å². The molecule has 0 radical (unpaired) electrons. The number of alkyl halides is 3. The summed E-state index contributed by atoms with van der Waals surface area (Å²) < 4.78 is 38.8. The molecule has 0 unspecified atom stereocenters. The van der Waals surface area contributed by atoms with E-state index in [0.717, 1.165) is 19.3 Å². The molecule has 0 saturated heterocycles. The van der Waals surface area contributed by atoms with Gasteiger partial charge in [-0.15, -0.1) is 13.2 Å². The third-order valence-corrected chi connectivity index (χ3v) is 3.33. The average Bonchev–Trinajstić information content (AvgIpc) is 2.38. The van der Waals surface area contributed by atoms with Gasteiger partial charge in [0.1, 0.15) is 0 Å². The lowest BCUT2D eigenvalue weighted by molar-refractivity contribution is -0.303. The summed E-state index contributed by atoms with van der Waals surface area (Å²) in [6, 6.07) is 0. The molecule has 0 amide bonds. The van der Waals surface area contributed by atoms with Crippen molar-refractivity contribution < 1.29 is 22.7 Å². The molecule has 0 aromatic rings. The molecule has 0 aliphatic rings. The number of rotatable bonds is 12. The first-order chi connectivity index (χ1) is 9.87. The summed E-state index contributed by atoms with van der Waals surface area (Å²) in [7, 11) is 0. The van der Waals surface area contributed by atoms with E-state index in [1.807, 2.05) is 0 Å². The van der Waals surface area contributed by atoms with Gasteiger partial charge in [0.05, 0.1) is 0 Å². The number of halogens is 3. The summed E-state index contributed by atoms with van der Waals surface area (Å²) in [6.07, 6.45) is 6.74. The van der Waals surface area contributed by atoms with Crippen LogP contribution in [0.5, 0.6) is 0 Å². The zero-order valence-corrected chi connectivity index (χ0v) is 12.9. The van der Waals surface area contributed by atoms with Crippen LogP contribution < -0.4 is 0 Å². The number of hydrogen-bond acceptors (Lipinski definition) is 2. The van der Waals surface area contributed by atoms with Crippen molar-refractivity contribution in [2.75, 3.05) is 0 Å². The molecular weight excluding hydrogens is 281 g/mol. The van der Waals surface area contributed by atoms with Crippen LogP contribution in [0.4, 0.5) is 13.2 Å². The Bertz CT molecular complexity index is 298. The van der Waals surface area contributed by atoms with Gasteiger partial charge < -0.3 is 4.74 Å². The van der Waals surface area contributed by atoms with Crippen molar-refractivity contribution in [3.05, 3.63) is 12.2 Å². The third kappa shape index (κ3) is 13.7. The minimum absolute atomic E-state index is 0.105. The van der Waals surface area contributed by atoms with E-state index in [2.05, 4.69) is 18.2 Å². The fourth-order valence-corrected chi connectivity index (χ4v) is 2.11. The number of esters is 1. The fraction of sp³-hybridized carbons (Fsp3) is 0.812. The number of carbonyl (C=O) groups is 1. The maximum Gasteiger partial charge on any atom is 0.575 e. The van der Waals surface area contributed by atoms with Gasteiger partial charge in [0.15, 0.2) is 0 Å². The van der Waals surface area contributed by atoms with Gasteiger partial charge in [0.25, 0.3) is 0 Å². The summed E-state index contributed by atoms with van der Waals surface area (Å²) in [6.45, 7) is 5.53. The Kier molecular flexibility index (Phi) is 11.1. The van der Waals surface area contributed by atoms with Gasteiger partial charge in [-0.1, -0.05) is 71.3 Å². The summed E-state index contributed by atoms with van der Waals surface area (Å²) in [5.41, 5.74) is -0.105. The average molecular weight is 308 g/mol. The van der Waals surface area contributed by atoms with E-state index >= 15 is 0 Å². The molecule has 21 heavy (non-hydrogen) atoms. The van der Waals surface area contributed by atoms with Gasteiger partial charge in [-0.25, -0.2) is 4.79 Å². The Morgan fingerprint density at radius 3 is 1.76 bits per heavy atom. The Morgan fingerprint density at radius 1 is 0.905 bits per heavy atom. The van der Waals surface area contributed by atoms with Crippen molar-refractivity contribution in [3.63, 3.8) is 0 Å². The van der Waals surface area contributed by atoms with Gasteiger partial charge in [-0.05, 0) is 12.8 Å². The Morgan fingerprint density at radius 2 is 1.33 bits per heavy atom. The van der Waals surface area contributed by atoms with E-state index in [-0.39, 0.29) is 12.0 Å². The van der Waals surface area contributed by atoms with Crippen LogP contribution in [0.3, 0.4) is 0 Å². The lowest BCUT2D eigenvalue weighted by Crippen LogP contribution is -2.20. The largest absolute Gasteiger partial charge is 0.575 e. The van der Waals surface area contributed by atoms with Crippen LogP contribution in [0.25, 0.3) is 0 Å². The van der Waals surface area contributed by atoms with Crippen LogP contribution in [-0.4, -0.2) is 12.3 Å². The predicted molar refractivity (Wildman–Crippen MR) is 77.7 cm³/mol. The molecule has 0 bridgehead atoms.